The number of aromatic nitrogens is 2. The molecular weight excluding hydrogens is 404 g/mol. The predicted molar refractivity (Wildman–Crippen MR) is 128 cm³/mol. The molecule has 2 aromatic carbocycles. The molecule has 0 radical (unpaired) electrons. The summed E-state index contributed by atoms with van der Waals surface area (Å²) in [5.41, 5.74) is 5.40. The lowest BCUT2D eigenvalue weighted by Gasteiger charge is -2.37. The molecule has 5 nitrogen and oxygen atoms in total. The molecule has 0 bridgehead atoms. The Bertz CT molecular complexity index is 1070. The summed E-state index contributed by atoms with van der Waals surface area (Å²) in [7, 11) is 0. The van der Waals surface area contributed by atoms with E-state index in [-0.39, 0.29) is 6.04 Å². The van der Waals surface area contributed by atoms with E-state index in [4.69, 9.17) is 21.7 Å². The van der Waals surface area contributed by atoms with Crippen LogP contribution in [0.5, 0.6) is 0 Å². The second-order valence-electron chi connectivity index (χ2n) is 7.77. The zero-order valence-corrected chi connectivity index (χ0v) is 19.1. The lowest BCUT2D eigenvalue weighted by Crippen LogP contribution is -2.46. The Kier molecular flexibility index (Phi) is 6.47. The van der Waals surface area contributed by atoms with Crippen LogP contribution in [0.4, 0.5) is 0 Å². The van der Waals surface area contributed by atoms with E-state index in [0.29, 0.717) is 11.7 Å². The number of nitrogens with zero attached hydrogens (tertiary/aromatic N) is 3. The number of aryl methyl sites for hydroxylation is 1. The molecule has 0 aliphatic carbocycles. The van der Waals surface area contributed by atoms with Crippen LogP contribution in [-0.2, 0) is 6.42 Å². The average molecular weight is 433 g/mol. The number of nitrogens with one attached hydrogen (secondary N) is 1. The first-order valence-corrected chi connectivity index (χ1v) is 11.3. The van der Waals surface area contributed by atoms with Crippen molar-refractivity contribution in [2.24, 2.45) is 0 Å². The zero-order chi connectivity index (χ0) is 21.8. The Morgan fingerprint density at radius 1 is 1.06 bits per heavy atom. The van der Waals surface area contributed by atoms with E-state index in [9.17, 15) is 0 Å². The Balaban J connectivity index is 1.78. The van der Waals surface area contributed by atoms with E-state index in [2.05, 4.69) is 60.4 Å². The van der Waals surface area contributed by atoms with Gasteiger partial charge in [0.2, 0.25) is 5.82 Å². The summed E-state index contributed by atoms with van der Waals surface area (Å²) >= 11 is 5.74. The van der Waals surface area contributed by atoms with Crippen molar-refractivity contribution in [2.45, 2.75) is 46.1 Å². The van der Waals surface area contributed by atoms with Gasteiger partial charge in [-0.2, -0.15) is 4.98 Å². The first-order valence-electron chi connectivity index (χ1n) is 10.9. The minimum Gasteiger partial charge on any atom is -0.351 e. The minimum atomic E-state index is -0.139. The standard InChI is InChI=1S/C25H28N4OS/c1-4-6-16-29-17(3)21(24-27-23(28-30-24)20-10-8-7-9-11-20)22(26-25(29)31)19-14-12-18(5-2)13-15-19/h7-15,22H,4-6,16H2,1-3H3,(H,26,31). The molecule has 1 aliphatic heterocycles. The maximum Gasteiger partial charge on any atom is 0.258 e. The monoisotopic (exact) mass is 432 g/mol. The second-order valence-corrected chi connectivity index (χ2v) is 8.16. The Morgan fingerprint density at radius 3 is 2.48 bits per heavy atom. The summed E-state index contributed by atoms with van der Waals surface area (Å²) in [5.74, 6) is 1.11. The van der Waals surface area contributed by atoms with Gasteiger partial charge < -0.3 is 14.7 Å². The van der Waals surface area contributed by atoms with Crippen LogP contribution < -0.4 is 5.32 Å². The molecule has 1 unspecified atom stereocenters. The third-order valence-electron chi connectivity index (χ3n) is 5.74. The number of thiocarbonyl (C=S) groups is 1. The molecule has 0 saturated carbocycles. The summed E-state index contributed by atoms with van der Waals surface area (Å²) in [5, 5.41) is 8.53. The number of hydrogen-bond acceptors (Lipinski definition) is 4. The molecule has 1 N–H and O–H groups in total. The fraction of sp³-hybridized carbons (Fsp3) is 0.320. The fourth-order valence-electron chi connectivity index (χ4n) is 3.88. The molecule has 31 heavy (non-hydrogen) atoms. The number of allylic oxidation sites excluding steroid dienone is 1. The molecule has 2 heterocycles. The van der Waals surface area contributed by atoms with Crippen molar-refractivity contribution < 1.29 is 4.52 Å². The summed E-state index contributed by atoms with van der Waals surface area (Å²) < 4.78 is 5.78. The van der Waals surface area contributed by atoms with Gasteiger partial charge in [0, 0.05) is 17.8 Å². The molecule has 0 saturated heterocycles. The Morgan fingerprint density at radius 2 is 1.81 bits per heavy atom. The summed E-state index contributed by atoms with van der Waals surface area (Å²) in [6.45, 7) is 7.30. The maximum atomic E-state index is 5.78. The van der Waals surface area contributed by atoms with Crippen molar-refractivity contribution in [2.75, 3.05) is 6.54 Å². The number of benzene rings is 2. The van der Waals surface area contributed by atoms with Gasteiger partial charge in [0.05, 0.1) is 11.6 Å². The number of rotatable bonds is 7. The molecule has 0 spiro atoms. The van der Waals surface area contributed by atoms with Crippen LogP contribution in [0.25, 0.3) is 17.0 Å². The third-order valence-corrected chi connectivity index (χ3v) is 6.08. The van der Waals surface area contributed by atoms with Gasteiger partial charge in [-0.15, -0.1) is 0 Å². The van der Waals surface area contributed by atoms with Crippen molar-refractivity contribution in [3.63, 3.8) is 0 Å². The van der Waals surface area contributed by atoms with Crippen molar-refractivity contribution >= 4 is 22.9 Å². The van der Waals surface area contributed by atoms with Crippen LogP contribution in [0.1, 0.15) is 56.7 Å². The van der Waals surface area contributed by atoms with E-state index in [1.54, 1.807) is 0 Å². The molecule has 3 aromatic rings. The quantitative estimate of drug-likeness (QED) is 0.479. The molecule has 1 aromatic heterocycles. The highest BCUT2D eigenvalue weighted by atomic mass is 32.1. The average Bonchev–Trinajstić information content (AvgIpc) is 3.29. The summed E-state index contributed by atoms with van der Waals surface area (Å²) in [6, 6.07) is 18.4. The van der Waals surface area contributed by atoms with Gasteiger partial charge in [-0.05, 0) is 43.1 Å². The first-order chi connectivity index (χ1) is 15.1. The Labute approximate surface area is 189 Å². The Hall–Kier alpha value is -2.99. The third kappa shape index (κ3) is 4.39. The van der Waals surface area contributed by atoms with Gasteiger partial charge in [0.1, 0.15) is 0 Å². The van der Waals surface area contributed by atoms with Gasteiger partial charge in [-0.1, -0.05) is 80.0 Å². The SMILES string of the molecule is CCCCN1C(=S)NC(c2ccc(CC)cc2)C(c2nc(-c3ccccc3)no2)=C1C. The van der Waals surface area contributed by atoms with Gasteiger partial charge in [-0.25, -0.2) is 0 Å². The van der Waals surface area contributed by atoms with E-state index >= 15 is 0 Å². The molecule has 1 atom stereocenters. The molecular formula is C25H28N4OS. The highest BCUT2D eigenvalue weighted by Gasteiger charge is 2.33. The van der Waals surface area contributed by atoms with Crippen LogP contribution >= 0.6 is 12.2 Å². The molecule has 0 fully saturated rings. The van der Waals surface area contributed by atoms with Crippen LogP contribution in [0.2, 0.25) is 0 Å². The van der Waals surface area contributed by atoms with Gasteiger partial charge in [0.15, 0.2) is 5.11 Å². The van der Waals surface area contributed by atoms with Gasteiger partial charge >= 0.3 is 0 Å². The predicted octanol–water partition coefficient (Wildman–Crippen LogP) is 5.76. The molecule has 0 amide bonds. The van der Waals surface area contributed by atoms with Gasteiger partial charge in [-0.3, -0.25) is 0 Å². The molecule has 6 heteroatoms. The van der Waals surface area contributed by atoms with Crippen molar-refractivity contribution in [1.82, 2.24) is 20.4 Å². The van der Waals surface area contributed by atoms with Gasteiger partial charge in [0.25, 0.3) is 5.89 Å². The molecule has 4 rings (SSSR count). The topological polar surface area (TPSA) is 54.2 Å². The minimum absolute atomic E-state index is 0.139. The largest absolute Gasteiger partial charge is 0.351 e. The van der Waals surface area contributed by atoms with E-state index in [0.717, 1.165) is 53.3 Å². The van der Waals surface area contributed by atoms with E-state index < -0.39 is 0 Å². The van der Waals surface area contributed by atoms with Crippen LogP contribution in [-0.4, -0.2) is 26.7 Å². The van der Waals surface area contributed by atoms with Crippen molar-refractivity contribution in [1.29, 1.82) is 0 Å². The maximum absolute atomic E-state index is 5.78. The van der Waals surface area contributed by atoms with Crippen molar-refractivity contribution in [3.8, 4) is 11.4 Å². The van der Waals surface area contributed by atoms with Crippen molar-refractivity contribution in [3.05, 3.63) is 77.3 Å². The van der Waals surface area contributed by atoms with E-state index in [1.807, 2.05) is 30.3 Å². The zero-order valence-electron chi connectivity index (χ0n) is 18.3. The highest BCUT2D eigenvalue weighted by molar-refractivity contribution is 7.80. The summed E-state index contributed by atoms with van der Waals surface area (Å²) in [6.07, 6.45) is 3.16. The molecule has 160 valence electrons. The lowest BCUT2D eigenvalue weighted by atomic mass is 9.93. The normalized spacial score (nSPS) is 16.5. The van der Waals surface area contributed by atoms with Crippen LogP contribution in [0.3, 0.4) is 0 Å². The lowest BCUT2D eigenvalue weighted by molar-refractivity contribution is 0.395. The smallest absolute Gasteiger partial charge is 0.258 e. The summed E-state index contributed by atoms with van der Waals surface area (Å²) in [4.78, 5) is 6.91. The highest BCUT2D eigenvalue weighted by Crippen LogP contribution is 2.37. The number of hydrogen-bond donors (Lipinski definition) is 1. The first kappa shape index (κ1) is 21.2. The van der Waals surface area contributed by atoms with Crippen LogP contribution in [0.15, 0.2) is 64.8 Å². The number of unbranched alkanes of at least 4 members (excludes halogenated alkanes) is 1. The fourth-order valence-corrected chi connectivity index (χ4v) is 4.22. The van der Waals surface area contributed by atoms with Crippen LogP contribution in [0, 0.1) is 0 Å². The molecule has 1 aliphatic rings. The van der Waals surface area contributed by atoms with E-state index in [1.165, 1.54) is 5.56 Å². The second kappa shape index (κ2) is 9.43.